The molecule has 0 amide bonds. The number of likely N-dealkylation sites (N-methyl/N-ethyl adjacent to an activating group) is 1. The van der Waals surface area contributed by atoms with Crippen molar-refractivity contribution in [3.8, 4) is 0 Å². The molecule has 0 heterocycles. The van der Waals surface area contributed by atoms with Gasteiger partial charge in [-0.2, -0.15) is 13.2 Å². The topological polar surface area (TPSA) is 29.3 Å². The van der Waals surface area contributed by atoms with Crippen molar-refractivity contribution in [2.45, 2.75) is 6.18 Å². The van der Waals surface area contributed by atoms with Gasteiger partial charge in [-0.15, -0.1) is 0 Å². The second kappa shape index (κ2) is 4.47. The first kappa shape index (κ1) is 11.4. The summed E-state index contributed by atoms with van der Waals surface area (Å²) in [4.78, 5) is 1.13. The van der Waals surface area contributed by atoms with Crippen molar-refractivity contribution < 1.29 is 13.2 Å². The van der Waals surface area contributed by atoms with E-state index in [9.17, 15) is 13.2 Å². The molecule has 0 aromatic heterocycles. The van der Waals surface area contributed by atoms with Crippen molar-refractivity contribution >= 4 is 0 Å². The monoisotopic (exact) mass is 182 g/mol. The molecule has 0 bridgehead atoms. The fraction of sp³-hybridized carbons (Fsp3) is 0.714. The van der Waals surface area contributed by atoms with Crippen molar-refractivity contribution in [2.24, 2.45) is 5.73 Å². The molecule has 0 aliphatic carbocycles. The number of alkyl halides is 3. The largest absolute Gasteiger partial charge is 0.401 e. The van der Waals surface area contributed by atoms with Gasteiger partial charge in [0.05, 0.1) is 6.54 Å². The SMILES string of the molecule is C=C(CN)CN(C)CC(F)(F)F. The first-order chi connectivity index (χ1) is 5.35. The Hall–Kier alpha value is -0.550. The molecule has 2 N–H and O–H groups in total. The molecule has 0 aromatic rings. The number of halogens is 3. The van der Waals surface area contributed by atoms with Crippen molar-refractivity contribution in [1.29, 1.82) is 0 Å². The fourth-order valence-corrected chi connectivity index (χ4v) is 0.808. The standard InChI is InChI=1S/C7H13F3N2/c1-6(3-11)4-12(2)5-7(8,9)10/h1,3-5,11H2,2H3. The zero-order valence-electron chi connectivity index (χ0n) is 6.99. The summed E-state index contributed by atoms with van der Waals surface area (Å²) < 4.78 is 35.3. The minimum atomic E-state index is -4.15. The first-order valence-electron chi connectivity index (χ1n) is 3.47. The lowest BCUT2D eigenvalue weighted by Gasteiger charge is -2.18. The van der Waals surface area contributed by atoms with Gasteiger partial charge < -0.3 is 5.73 Å². The molecule has 72 valence electrons. The highest BCUT2D eigenvalue weighted by Crippen LogP contribution is 2.15. The average Bonchev–Trinajstić information content (AvgIpc) is 1.82. The lowest BCUT2D eigenvalue weighted by molar-refractivity contribution is -0.142. The Morgan fingerprint density at radius 3 is 2.33 bits per heavy atom. The summed E-state index contributed by atoms with van der Waals surface area (Å²) in [5.41, 5.74) is 5.78. The highest BCUT2D eigenvalue weighted by atomic mass is 19.4. The molecule has 0 aliphatic rings. The highest BCUT2D eigenvalue weighted by molar-refractivity contribution is 4.98. The predicted molar refractivity (Wildman–Crippen MR) is 41.7 cm³/mol. The first-order valence-corrected chi connectivity index (χ1v) is 3.47. The van der Waals surface area contributed by atoms with E-state index in [1.54, 1.807) is 0 Å². The van der Waals surface area contributed by atoms with Gasteiger partial charge >= 0.3 is 6.18 Å². The molecular weight excluding hydrogens is 169 g/mol. The van der Waals surface area contributed by atoms with E-state index in [-0.39, 0.29) is 13.1 Å². The molecule has 0 fully saturated rings. The van der Waals surface area contributed by atoms with Crippen molar-refractivity contribution in [1.82, 2.24) is 4.90 Å². The van der Waals surface area contributed by atoms with Gasteiger partial charge in [0.25, 0.3) is 0 Å². The van der Waals surface area contributed by atoms with Gasteiger partial charge in [0.15, 0.2) is 0 Å². The van der Waals surface area contributed by atoms with Crippen LogP contribution in [0, 0.1) is 0 Å². The van der Waals surface area contributed by atoms with Crippen LogP contribution >= 0.6 is 0 Å². The summed E-state index contributed by atoms with van der Waals surface area (Å²) in [7, 11) is 1.38. The normalized spacial score (nSPS) is 12.2. The second-order valence-electron chi connectivity index (χ2n) is 2.74. The Balaban J connectivity index is 3.74. The number of hydrogen-bond donors (Lipinski definition) is 1. The van der Waals surface area contributed by atoms with Crippen molar-refractivity contribution in [3.63, 3.8) is 0 Å². The van der Waals surface area contributed by atoms with Crippen LogP contribution in [0.4, 0.5) is 13.2 Å². The van der Waals surface area contributed by atoms with E-state index >= 15 is 0 Å². The van der Waals surface area contributed by atoms with Gasteiger partial charge in [-0.25, -0.2) is 0 Å². The molecule has 0 saturated heterocycles. The van der Waals surface area contributed by atoms with E-state index in [4.69, 9.17) is 5.73 Å². The van der Waals surface area contributed by atoms with Crippen LogP contribution in [0.25, 0.3) is 0 Å². The van der Waals surface area contributed by atoms with Crippen molar-refractivity contribution in [3.05, 3.63) is 12.2 Å². The maximum atomic E-state index is 11.8. The maximum Gasteiger partial charge on any atom is 0.401 e. The summed E-state index contributed by atoms with van der Waals surface area (Å²) >= 11 is 0. The highest BCUT2D eigenvalue weighted by Gasteiger charge is 2.28. The van der Waals surface area contributed by atoms with E-state index < -0.39 is 12.7 Å². The molecule has 5 heteroatoms. The van der Waals surface area contributed by atoms with E-state index in [1.165, 1.54) is 7.05 Å². The van der Waals surface area contributed by atoms with Crippen LogP contribution in [0.3, 0.4) is 0 Å². The Morgan fingerprint density at radius 1 is 1.50 bits per heavy atom. The van der Waals surface area contributed by atoms with E-state index in [0.717, 1.165) is 4.90 Å². The molecule has 0 aromatic carbocycles. The summed E-state index contributed by atoms with van der Waals surface area (Å²) in [6.45, 7) is 3.00. The number of nitrogens with two attached hydrogens (primary N) is 1. The molecule has 0 radical (unpaired) electrons. The van der Waals surface area contributed by atoms with Crippen LogP contribution < -0.4 is 5.73 Å². The third-order valence-electron chi connectivity index (χ3n) is 1.23. The molecule has 0 spiro atoms. The van der Waals surface area contributed by atoms with E-state index in [1.807, 2.05) is 0 Å². The van der Waals surface area contributed by atoms with Gasteiger partial charge in [0, 0.05) is 13.1 Å². The van der Waals surface area contributed by atoms with Crippen LogP contribution in [0.1, 0.15) is 0 Å². The number of rotatable bonds is 4. The summed E-state index contributed by atoms with van der Waals surface area (Å²) in [5.74, 6) is 0. The van der Waals surface area contributed by atoms with Gasteiger partial charge in [0.2, 0.25) is 0 Å². The molecular formula is C7H13F3N2. The molecule has 12 heavy (non-hydrogen) atoms. The zero-order valence-corrected chi connectivity index (χ0v) is 6.99. The Kier molecular flexibility index (Phi) is 4.26. The van der Waals surface area contributed by atoms with Crippen LogP contribution in [-0.4, -0.2) is 37.8 Å². The lowest BCUT2D eigenvalue weighted by atomic mass is 10.3. The van der Waals surface area contributed by atoms with Crippen LogP contribution in [-0.2, 0) is 0 Å². The maximum absolute atomic E-state index is 11.8. The minimum absolute atomic E-state index is 0.190. The smallest absolute Gasteiger partial charge is 0.327 e. The lowest BCUT2D eigenvalue weighted by Crippen LogP contribution is -2.33. The van der Waals surface area contributed by atoms with Gasteiger partial charge in [0.1, 0.15) is 0 Å². The number of hydrogen-bond acceptors (Lipinski definition) is 2. The zero-order chi connectivity index (χ0) is 9.78. The van der Waals surface area contributed by atoms with E-state index in [0.29, 0.717) is 5.57 Å². The second-order valence-corrected chi connectivity index (χ2v) is 2.74. The number of nitrogens with zero attached hydrogens (tertiary/aromatic N) is 1. The Bertz CT molecular complexity index is 153. The summed E-state index contributed by atoms with van der Waals surface area (Å²) in [6, 6.07) is 0. The molecule has 0 unspecified atom stereocenters. The van der Waals surface area contributed by atoms with Crippen LogP contribution in [0.5, 0.6) is 0 Å². The van der Waals surface area contributed by atoms with Gasteiger partial charge in [-0.1, -0.05) is 6.58 Å². The third kappa shape index (κ3) is 6.18. The molecule has 0 aliphatic heterocycles. The summed E-state index contributed by atoms with van der Waals surface area (Å²) in [5, 5.41) is 0. The molecule has 0 saturated carbocycles. The Labute approximate surface area is 69.8 Å². The predicted octanol–water partition coefficient (Wildman–Crippen LogP) is 0.995. The third-order valence-corrected chi connectivity index (χ3v) is 1.23. The Morgan fingerprint density at radius 2 is 2.00 bits per heavy atom. The molecule has 0 atom stereocenters. The summed E-state index contributed by atoms with van der Waals surface area (Å²) in [6.07, 6.45) is -4.15. The average molecular weight is 182 g/mol. The van der Waals surface area contributed by atoms with E-state index in [2.05, 4.69) is 6.58 Å². The fourth-order valence-electron chi connectivity index (χ4n) is 0.808. The quantitative estimate of drug-likeness (QED) is 0.657. The van der Waals surface area contributed by atoms with Gasteiger partial charge in [-0.05, 0) is 12.6 Å². The minimum Gasteiger partial charge on any atom is -0.327 e. The van der Waals surface area contributed by atoms with Crippen molar-refractivity contribution in [2.75, 3.05) is 26.7 Å². The van der Waals surface area contributed by atoms with Crippen LogP contribution in [0.15, 0.2) is 12.2 Å². The van der Waals surface area contributed by atoms with Gasteiger partial charge in [-0.3, -0.25) is 4.90 Å². The van der Waals surface area contributed by atoms with Crippen LogP contribution in [0.2, 0.25) is 0 Å². The molecule has 0 rings (SSSR count). The molecule has 2 nitrogen and oxygen atoms in total.